The smallest absolute Gasteiger partial charge is 0.147 e. The van der Waals surface area contributed by atoms with E-state index in [9.17, 15) is 0 Å². The lowest BCUT2D eigenvalue weighted by Gasteiger charge is -2.10. The summed E-state index contributed by atoms with van der Waals surface area (Å²) in [5, 5.41) is 5.75. The summed E-state index contributed by atoms with van der Waals surface area (Å²) < 4.78 is 11.6. The Morgan fingerprint density at radius 2 is 1.85 bits per heavy atom. The maximum Gasteiger partial charge on any atom is 0.147 e. The van der Waals surface area contributed by atoms with Crippen LogP contribution in [0.25, 0.3) is 11.3 Å². The number of terminal acetylenes is 1. The summed E-state index contributed by atoms with van der Waals surface area (Å²) in [6.45, 7) is 0.262. The fraction of sp³-hybridized carbons (Fsp3) is 0.190. The Kier molecular flexibility index (Phi) is 5.06. The van der Waals surface area contributed by atoms with Crippen LogP contribution in [0.1, 0.15) is 35.6 Å². The topological polar surface area (TPSA) is 35.3 Å². The molecule has 1 saturated carbocycles. The van der Waals surface area contributed by atoms with Gasteiger partial charge in [0.05, 0.1) is 20.6 Å². The molecule has 136 valence electrons. The van der Waals surface area contributed by atoms with Gasteiger partial charge >= 0.3 is 0 Å². The van der Waals surface area contributed by atoms with Crippen molar-refractivity contribution in [1.29, 1.82) is 0 Å². The van der Waals surface area contributed by atoms with E-state index in [1.807, 2.05) is 0 Å². The van der Waals surface area contributed by atoms with Crippen LogP contribution in [0.5, 0.6) is 5.75 Å². The van der Waals surface area contributed by atoms with Crippen LogP contribution < -0.4 is 4.74 Å². The van der Waals surface area contributed by atoms with Crippen molar-refractivity contribution in [3.05, 3.63) is 68.4 Å². The second-order valence-electron chi connectivity index (χ2n) is 6.32. The summed E-state index contributed by atoms with van der Waals surface area (Å²) in [6.07, 6.45) is 7.54. The molecule has 0 amide bonds. The number of hydrogen-bond donors (Lipinski definition) is 0. The first-order valence-corrected chi connectivity index (χ1v) is 9.53. The SMILES string of the molecule is C#Cc1ccc(OCc2c(-c3c(Cl)cccc3Cl)noc2C2CC2)cc1Cl. The van der Waals surface area contributed by atoms with E-state index >= 15 is 0 Å². The maximum atomic E-state index is 6.37. The molecule has 1 aliphatic carbocycles. The third-order valence-corrected chi connectivity index (χ3v) is 5.39. The van der Waals surface area contributed by atoms with Crippen LogP contribution in [0.4, 0.5) is 0 Å². The van der Waals surface area contributed by atoms with E-state index in [-0.39, 0.29) is 6.61 Å². The Labute approximate surface area is 172 Å². The summed E-state index contributed by atoms with van der Waals surface area (Å²) in [5.74, 6) is 4.32. The fourth-order valence-electron chi connectivity index (χ4n) is 2.91. The third kappa shape index (κ3) is 3.66. The van der Waals surface area contributed by atoms with E-state index < -0.39 is 0 Å². The molecule has 1 heterocycles. The van der Waals surface area contributed by atoms with E-state index in [0.29, 0.717) is 43.6 Å². The van der Waals surface area contributed by atoms with Crippen LogP contribution >= 0.6 is 34.8 Å². The molecule has 0 unspecified atom stereocenters. The lowest BCUT2D eigenvalue weighted by atomic mass is 10.0. The molecule has 0 radical (unpaired) electrons. The minimum atomic E-state index is 0.262. The first-order chi connectivity index (χ1) is 13.1. The largest absolute Gasteiger partial charge is 0.489 e. The zero-order valence-electron chi connectivity index (χ0n) is 14.1. The predicted octanol–water partition coefficient (Wildman–Crippen LogP) is 6.74. The molecule has 0 spiro atoms. The molecule has 0 bridgehead atoms. The van der Waals surface area contributed by atoms with Gasteiger partial charge in [0.2, 0.25) is 0 Å². The molecule has 0 N–H and O–H groups in total. The summed E-state index contributed by atoms with van der Waals surface area (Å²) in [7, 11) is 0. The molecule has 4 rings (SSSR count). The number of nitrogens with zero attached hydrogens (tertiary/aromatic N) is 1. The average molecular weight is 419 g/mol. The number of hydrogen-bond acceptors (Lipinski definition) is 3. The number of benzene rings is 2. The van der Waals surface area contributed by atoms with Gasteiger partial charge in [0.15, 0.2) is 0 Å². The minimum absolute atomic E-state index is 0.262. The van der Waals surface area contributed by atoms with E-state index in [1.165, 1.54) is 0 Å². The highest BCUT2D eigenvalue weighted by molar-refractivity contribution is 6.39. The van der Waals surface area contributed by atoms with Gasteiger partial charge < -0.3 is 9.26 Å². The Balaban J connectivity index is 1.69. The van der Waals surface area contributed by atoms with Crippen molar-refractivity contribution in [3.63, 3.8) is 0 Å². The molecule has 0 aliphatic heterocycles. The number of ether oxygens (including phenoxy) is 1. The molecule has 3 nitrogen and oxygen atoms in total. The molecule has 3 aromatic rings. The normalized spacial score (nSPS) is 13.4. The highest BCUT2D eigenvalue weighted by Gasteiger charge is 2.33. The van der Waals surface area contributed by atoms with Crippen LogP contribution in [-0.4, -0.2) is 5.16 Å². The molecule has 2 aromatic carbocycles. The average Bonchev–Trinajstić information content (AvgIpc) is 3.41. The second-order valence-corrected chi connectivity index (χ2v) is 7.54. The van der Waals surface area contributed by atoms with Gasteiger partial charge in [0.25, 0.3) is 0 Å². The molecular weight excluding hydrogens is 405 g/mol. The molecule has 0 atom stereocenters. The van der Waals surface area contributed by atoms with Crippen LogP contribution in [0.15, 0.2) is 40.9 Å². The molecule has 6 heteroatoms. The van der Waals surface area contributed by atoms with Gasteiger partial charge in [0, 0.05) is 23.1 Å². The number of halogens is 3. The maximum absolute atomic E-state index is 6.37. The van der Waals surface area contributed by atoms with Gasteiger partial charge in [-0.15, -0.1) is 6.42 Å². The van der Waals surface area contributed by atoms with Crippen molar-refractivity contribution < 1.29 is 9.26 Å². The van der Waals surface area contributed by atoms with Gasteiger partial charge in [-0.05, 0) is 37.1 Å². The van der Waals surface area contributed by atoms with Crippen LogP contribution in [-0.2, 0) is 6.61 Å². The van der Waals surface area contributed by atoms with Crippen LogP contribution in [0, 0.1) is 12.3 Å². The minimum Gasteiger partial charge on any atom is -0.489 e. The van der Waals surface area contributed by atoms with Gasteiger partial charge in [-0.25, -0.2) is 0 Å². The van der Waals surface area contributed by atoms with Crippen LogP contribution in [0.2, 0.25) is 15.1 Å². The lowest BCUT2D eigenvalue weighted by molar-refractivity contribution is 0.300. The highest BCUT2D eigenvalue weighted by atomic mass is 35.5. The summed E-state index contributed by atoms with van der Waals surface area (Å²) in [5.41, 5.74) is 2.73. The summed E-state index contributed by atoms with van der Waals surface area (Å²) in [4.78, 5) is 0. The van der Waals surface area contributed by atoms with E-state index in [0.717, 1.165) is 24.2 Å². The van der Waals surface area contributed by atoms with Crippen LogP contribution in [0.3, 0.4) is 0 Å². The molecule has 1 aromatic heterocycles. The van der Waals surface area contributed by atoms with Crippen molar-refractivity contribution in [2.45, 2.75) is 25.4 Å². The highest BCUT2D eigenvalue weighted by Crippen LogP contribution is 2.46. The van der Waals surface area contributed by atoms with Crippen molar-refractivity contribution in [2.75, 3.05) is 0 Å². The summed E-state index contributed by atoms with van der Waals surface area (Å²) in [6, 6.07) is 10.6. The Hall–Kier alpha value is -2.12. The lowest BCUT2D eigenvalue weighted by Crippen LogP contribution is -2.00. The fourth-order valence-corrected chi connectivity index (χ4v) is 3.71. The molecular formula is C21H14Cl3NO2. The first-order valence-electron chi connectivity index (χ1n) is 8.40. The standard InChI is InChI=1S/C21H14Cl3NO2/c1-2-12-8-9-14(10-18(12)24)26-11-15-20(25-27-21(15)13-6-7-13)19-16(22)4-3-5-17(19)23/h1,3-5,8-10,13H,6-7,11H2. The number of aromatic nitrogens is 1. The quantitative estimate of drug-likeness (QED) is 0.430. The Morgan fingerprint density at radius 3 is 2.48 bits per heavy atom. The van der Waals surface area contributed by atoms with Crippen molar-refractivity contribution in [2.24, 2.45) is 0 Å². The van der Waals surface area contributed by atoms with E-state index in [1.54, 1.807) is 36.4 Å². The van der Waals surface area contributed by atoms with Gasteiger partial charge in [-0.1, -0.05) is 51.9 Å². The first kappa shape index (κ1) is 18.3. The van der Waals surface area contributed by atoms with E-state index in [4.69, 9.17) is 50.5 Å². The number of rotatable bonds is 5. The zero-order chi connectivity index (χ0) is 19.0. The van der Waals surface area contributed by atoms with E-state index in [2.05, 4.69) is 11.1 Å². The molecule has 1 aliphatic rings. The zero-order valence-corrected chi connectivity index (χ0v) is 16.4. The van der Waals surface area contributed by atoms with Crippen molar-refractivity contribution in [1.82, 2.24) is 5.16 Å². The second kappa shape index (κ2) is 7.48. The van der Waals surface area contributed by atoms with Gasteiger partial charge in [0.1, 0.15) is 23.8 Å². The molecule has 1 fully saturated rings. The predicted molar refractivity (Wildman–Crippen MR) is 108 cm³/mol. The molecule has 0 saturated heterocycles. The van der Waals surface area contributed by atoms with Gasteiger partial charge in [-0.2, -0.15) is 0 Å². The Bertz CT molecular complexity index is 1030. The Morgan fingerprint density at radius 1 is 1.11 bits per heavy atom. The van der Waals surface area contributed by atoms with Crippen molar-refractivity contribution >= 4 is 34.8 Å². The third-order valence-electron chi connectivity index (χ3n) is 4.45. The monoisotopic (exact) mass is 417 g/mol. The molecule has 27 heavy (non-hydrogen) atoms. The van der Waals surface area contributed by atoms with Gasteiger partial charge in [-0.3, -0.25) is 0 Å². The summed E-state index contributed by atoms with van der Waals surface area (Å²) >= 11 is 18.9. The van der Waals surface area contributed by atoms with Crippen molar-refractivity contribution in [3.8, 4) is 29.4 Å².